The molecular formula is C28H28N2O6S. The third kappa shape index (κ3) is 4.83. The molecule has 0 fully saturated rings. The summed E-state index contributed by atoms with van der Waals surface area (Å²) in [5, 5.41) is 0. The van der Waals surface area contributed by atoms with Crippen LogP contribution in [0.4, 0.5) is 0 Å². The Morgan fingerprint density at radius 3 is 2.14 bits per heavy atom. The number of thioether (sulfide) groups is 1. The summed E-state index contributed by atoms with van der Waals surface area (Å²) in [6.45, 7) is 5.14. The van der Waals surface area contributed by atoms with E-state index in [-0.39, 0.29) is 31.0 Å². The van der Waals surface area contributed by atoms with Gasteiger partial charge in [-0.05, 0) is 50.8 Å². The number of ether oxygens (including phenoxy) is 2. The molecule has 0 N–H and O–H groups in total. The van der Waals surface area contributed by atoms with Gasteiger partial charge in [0, 0.05) is 16.5 Å². The van der Waals surface area contributed by atoms with Crippen molar-refractivity contribution >= 4 is 41.2 Å². The SMILES string of the molecule is CCOC(=O)C1=C(CN2C(=O)c3ccccc3C2=O)N=C(C)C(C(=O)OCC)C1c1ccccc1SC. The summed E-state index contributed by atoms with van der Waals surface area (Å²) in [5.41, 5.74) is 2.13. The Kier molecular flexibility index (Phi) is 7.92. The predicted molar refractivity (Wildman–Crippen MR) is 140 cm³/mol. The van der Waals surface area contributed by atoms with Gasteiger partial charge in [0.05, 0.1) is 42.2 Å². The van der Waals surface area contributed by atoms with Crippen LogP contribution in [0.2, 0.25) is 0 Å². The van der Waals surface area contributed by atoms with Crippen molar-refractivity contribution in [2.45, 2.75) is 31.6 Å². The largest absolute Gasteiger partial charge is 0.465 e. The Labute approximate surface area is 219 Å². The van der Waals surface area contributed by atoms with Gasteiger partial charge in [-0.15, -0.1) is 11.8 Å². The number of aliphatic imine (C=N–C) groups is 1. The van der Waals surface area contributed by atoms with Crippen LogP contribution >= 0.6 is 11.8 Å². The molecule has 2 aliphatic rings. The number of hydrogen-bond acceptors (Lipinski definition) is 8. The standard InChI is InChI=1S/C28H28N2O6S/c1-5-35-27(33)22-16(3)29-20(15-30-25(31)17-11-7-8-12-18(17)26(30)32)24(28(34)36-6-2)23(22)19-13-9-10-14-21(19)37-4/h7-14,22-23H,5-6,15H2,1-4H3. The molecule has 2 aromatic carbocycles. The summed E-state index contributed by atoms with van der Waals surface area (Å²) in [5.74, 6) is -3.73. The van der Waals surface area contributed by atoms with Crippen LogP contribution in [-0.4, -0.2) is 60.4 Å². The van der Waals surface area contributed by atoms with Crippen LogP contribution in [0, 0.1) is 5.92 Å². The first-order valence-electron chi connectivity index (χ1n) is 12.0. The third-order valence-corrected chi connectivity index (χ3v) is 7.22. The molecule has 0 radical (unpaired) electrons. The van der Waals surface area contributed by atoms with Gasteiger partial charge in [0.15, 0.2) is 0 Å². The van der Waals surface area contributed by atoms with E-state index in [1.54, 1.807) is 45.0 Å². The first kappa shape index (κ1) is 26.3. The minimum Gasteiger partial charge on any atom is -0.465 e. The summed E-state index contributed by atoms with van der Waals surface area (Å²) in [6.07, 6.45) is 1.91. The molecule has 8 nitrogen and oxygen atoms in total. The van der Waals surface area contributed by atoms with Gasteiger partial charge in [0.1, 0.15) is 5.92 Å². The van der Waals surface area contributed by atoms with Crippen molar-refractivity contribution < 1.29 is 28.7 Å². The fourth-order valence-corrected chi connectivity index (χ4v) is 5.48. The average Bonchev–Trinajstić information content (AvgIpc) is 3.13. The van der Waals surface area contributed by atoms with Crippen molar-refractivity contribution in [2.75, 3.05) is 26.0 Å². The number of nitrogens with zero attached hydrogens (tertiary/aromatic N) is 2. The normalized spacial score (nSPS) is 19.0. The Balaban J connectivity index is 1.90. The molecule has 37 heavy (non-hydrogen) atoms. The van der Waals surface area contributed by atoms with Crippen LogP contribution in [0.1, 0.15) is 53.0 Å². The van der Waals surface area contributed by atoms with E-state index < -0.39 is 35.6 Å². The second-order valence-corrected chi connectivity index (χ2v) is 9.37. The summed E-state index contributed by atoms with van der Waals surface area (Å²) in [4.78, 5) is 59.5. The molecule has 0 saturated heterocycles. The first-order chi connectivity index (χ1) is 17.8. The Bertz CT molecular complexity index is 1300. The zero-order valence-electron chi connectivity index (χ0n) is 21.1. The second kappa shape index (κ2) is 11.1. The molecule has 2 unspecified atom stereocenters. The molecule has 4 rings (SSSR count). The zero-order valence-corrected chi connectivity index (χ0v) is 22.0. The number of rotatable bonds is 8. The van der Waals surface area contributed by atoms with Crippen molar-refractivity contribution in [3.8, 4) is 0 Å². The van der Waals surface area contributed by atoms with Crippen molar-refractivity contribution in [2.24, 2.45) is 10.9 Å². The van der Waals surface area contributed by atoms with E-state index in [9.17, 15) is 19.2 Å². The number of hydrogen-bond donors (Lipinski definition) is 0. The van der Waals surface area contributed by atoms with Gasteiger partial charge >= 0.3 is 11.9 Å². The smallest absolute Gasteiger partial charge is 0.336 e. The first-order valence-corrected chi connectivity index (χ1v) is 13.3. The average molecular weight is 521 g/mol. The lowest BCUT2D eigenvalue weighted by Gasteiger charge is -2.33. The lowest BCUT2D eigenvalue weighted by molar-refractivity contribution is -0.146. The van der Waals surface area contributed by atoms with Crippen molar-refractivity contribution in [1.82, 2.24) is 4.90 Å². The quantitative estimate of drug-likeness (QED) is 0.291. The minimum absolute atomic E-state index is 0.103. The molecule has 2 aliphatic heterocycles. The minimum atomic E-state index is -0.876. The number of amides is 2. The van der Waals surface area contributed by atoms with Gasteiger partial charge in [-0.2, -0.15) is 0 Å². The highest BCUT2D eigenvalue weighted by Gasteiger charge is 2.45. The van der Waals surface area contributed by atoms with E-state index >= 15 is 0 Å². The summed E-state index contributed by atoms with van der Waals surface area (Å²) in [6, 6.07) is 14.1. The highest BCUT2D eigenvalue weighted by molar-refractivity contribution is 7.98. The zero-order chi connectivity index (χ0) is 26.7. The van der Waals surface area contributed by atoms with E-state index in [4.69, 9.17) is 9.47 Å². The molecule has 0 saturated carbocycles. The van der Waals surface area contributed by atoms with Crippen LogP contribution in [-0.2, 0) is 19.1 Å². The Hall–Kier alpha value is -3.72. The molecular weight excluding hydrogens is 492 g/mol. The van der Waals surface area contributed by atoms with Gasteiger partial charge < -0.3 is 9.47 Å². The monoisotopic (exact) mass is 520 g/mol. The van der Waals surface area contributed by atoms with Crippen LogP contribution < -0.4 is 0 Å². The predicted octanol–water partition coefficient (Wildman–Crippen LogP) is 4.26. The number of fused-ring (bicyclic) bond motifs is 1. The van der Waals surface area contributed by atoms with Crippen molar-refractivity contribution in [1.29, 1.82) is 0 Å². The number of esters is 2. The molecule has 0 aliphatic carbocycles. The highest BCUT2D eigenvalue weighted by atomic mass is 32.2. The molecule has 2 atom stereocenters. The Morgan fingerprint density at radius 1 is 0.946 bits per heavy atom. The van der Waals surface area contributed by atoms with Gasteiger partial charge in [-0.1, -0.05) is 30.3 Å². The lowest BCUT2D eigenvalue weighted by Crippen LogP contribution is -2.40. The molecule has 2 heterocycles. The van der Waals surface area contributed by atoms with E-state index in [0.29, 0.717) is 16.8 Å². The maximum Gasteiger partial charge on any atom is 0.336 e. The van der Waals surface area contributed by atoms with Gasteiger partial charge in [0.2, 0.25) is 0 Å². The second-order valence-electron chi connectivity index (χ2n) is 8.53. The lowest BCUT2D eigenvalue weighted by atomic mass is 9.75. The van der Waals surface area contributed by atoms with E-state index in [1.807, 2.05) is 30.5 Å². The molecule has 0 aromatic heterocycles. The van der Waals surface area contributed by atoms with Crippen LogP contribution in [0.5, 0.6) is 0 Å². The van der Waals surface area contributed by atoms with E-state index in [1.165, 1.54) is 11.8 Å². The van der Waals surface area contributed by atoms with Crippen molar-refractivity contribution in [3.05, 3.63) is 76.5 Å². The maximum atomic E-state index is 13.5. The van der Waals surface area contributed by atoms with Crippen molar-refractivity contribution in [3.63, 3.8) is 0 Å². The fourth-order valence-electron chi connectivity index (χ4n) is 4.83. The molecule has 0 spiro atoms. The van der Waals surface area contributed by atoms with Crippen LogP contribution in [0.3, 0.4) is 0 Å². The fraction of sp³-hybridized carbons (Fsp3) is 0.321. The highest BCUT2D eigenvalue weighted by Crippen LogP contribution is 2.43. The summed E-state index contributed by atoms with van der Waals surface area (Å²) in [7, 11) is 0. The molecule has 9 heteroatoms. The van der Waals surface area contributed by atoms with Crippen LogP contribution in [0.25, 0.3) is 0 Å². The number of carbonyl (C=O) groups excluding carboxylic acids is 4. The van der Waals surface area contributed by atoms with E-state index in [2.05, 4.69) is 4.99 Å². The van der Waals surface area contributed by atoms with Crippen LogP contribution in [0.15, 0.2) is 69.7 Å². The summed E-state index contributed by atoms with van der Waals surface area (Å²) < 4.78 is 10.8. The number of imide groups is 1. The number of benzene rings is 2. The Morgan fingerprint density at radius 2 is 1.54 bits per heavy atom. The molecule has 192 valence electrons. The molecule has 2 aromatic rings. The third-order valence-electron chi connectivity index (χ3n) is 6.41. The van der Waals surface area contributed by atoms with Gasteiger partial charge in [-0.25, -0.2) is 4.79 Å². The van der Waals surface area contributed by atoms with Gasteiger partial charge in [-0.3, -0.25) is 24.3 Å². The van der Waals surface area contributed by atoms with E-state index in [0.717, 1.165) is 15.4 Å². The summed E-state index contributed by atoms with van der Waals surface area (Å²) >= 11 is 1.49. The molecule has 2 amide bonds. The molecule has 0 bridgehead atoms. The number of carbonyl (C=O) groups is 4. The topological polar surface area (TPSA) is 102 Å². The van der Waals surface area contributed by atoms with Gasteiger partial charge in [0.25, 0.3) is 11.8 Å². The maximum absolute atomic E-state index is 13.5.